The standard InChI is InChI=1S/C29H24ClNO6/c1-4-36-21-11-7-17(8-12-21)25-24(27(33)29(34)31(25)20-9-5-16(2)6-10-20)26(32)22-14-18-13-19(30)15-23(35-3)28(18)37-22/h5-15,25,33H,4H2,1-3H3. The van der Waals surface area contributed by atoms with Crippen LogP contribution in [0.2, 0.25) is 5.02 Å². The predicted molar refractivity (Wildman–Crippen MR) is 141 cm³/mol. The molecule has 0 saturated heterocycles. The molecule has 1 aliphatic rings. The Hall–Kier alpha value is -4.23. The number of amides is 1. The van der Waals surface area contributed by atoms with Gasteiger partial charge in [0, 0.05) is 22.2 Å². The van der Waals surface area contributed by atoms with E-state index in [9.17, 15) is 14.7 Å². The highest BCUT2D eigenvalue weighted by molar-refractivity contribution is 6.31. The lowest BCUT2D eigenvalue weighted by atomic mass is 9.94. The number of methoxy groups -OCH3 is 1. The fraction of sp³-hybridized carbons (Fsp3) is 0.172. The molecule has 1 N–H and O–H groups in total. The smallest absolute Gasteiger partial charge is 0.294 e. The molecule has 0 spiro atoms. The molecule has 5 rings (SSSR count). The maximum absolute atomic E-state index is 13.9. The second kappa shape index (κ2) is 9.67. The summed E-state index contributed by atoms with van der Waals surface area (Å²) in [7, 11) is 1.47. The summed E-state index contributed by atoms with van der Waals surface area (Å²) in [5.74, 6) is -0.954. The Morgan fingerprint density at radius 1 is 1.08 bits per heavy atom. The molecular formula is C29H24ClNO6. The fourth-order valence-corrected chi connectivity index (χ4v) is 4.74. The van der Waals surface area contributed by atoms with Gasteiger partial charge in [-0.3, -0.25) is 14.5 Å². The van der Waals surface area contributed by atoms with Crippen LogP contribution in [0.25, 0.3) is 11.0 Å². The number of nitrogens with zero attached hydrogens (tertiary/aromatic N) is 1. The number of rotatable bonds is 7. The van der Waals surface area contributed by atoms with Crippen molar-refractivity contribution in [1.82, 2.24) is 0 Å². The minimum absolute atomic E-state index is 0.0494. The van der Waals surface area contributed by atoms with Crippen LogP contribution in [0.5, 0.6) is 11.5 Å². The second-order valence-electron chi connectivity index (χ2n) is 8.64. The van der Waals surface area contributed by atoms with Crippen LogP contribution in [0.3, 0.4) is 0 Å². The summed E-state index contributed by atoms with van der Waals surface area (Å²) >= 11 is 6.18. The number of aliphatic hydroxyl groups excluding tert-OH is 1. The molecule has 3 aromatic carbocycles. The van der Waals surface area contributed by atoms with Crippen molar-refractivity contribution in [2.24, 2.45) is 0 Å². The van der Waals surface area contributed by atoms with E-state index < -0.39 is 23.5 Å². The number of anilines is 1. The van der Waals surface area contributed by atoms with Crippen molar-refractivity contribution >= 4 is 39.9 Å². The molecule has 1 atom stereocenters. The number of carbonyl (C=O) groups is 2. The highest BCUT2D eigenvalue weighted by Gasteiger charge is 2.45. The van der Waals surface area contributed by atoms with E-state index in [1.807, 2.05) is 26.0 Å². The van der Waals surface area contributed by atoms with E-state index in [1.165, 1.54) is 18.1 Å². The van der Waals surface area contributed by atoms with Crippen molar-refractivity contribution in [2.45, 2.75) is 19.9 Å². The highest BCUT2D eigenvalue weighted by atomic mass is 35.5. The predicted octanol–water partition coefficient (Wildman–Crippen LogP) is 6.58. The molecule has 8 heteroatoms. The number of furan rings is 1. The van der Waals surface area contributed by atoms with Crippen molar-refractivity contribution in [3.8, 4) is 11.5 Å². The van der Waals surface area contributed by atoms with E-state index in [1.54, 1.807) is 48.5 Å². The number of aliphatic hydroxyl groups is 1. The van der Waals surface area contributed by atoms with Crippen LogP contribution in [-0.4, -0.2) is 30.5 Å². The fourth-order valence-electron chi connectivity index (χ4n) is 4.52. The first kappa shape index (κ1) is 24.5. The second-order valence-corrected chi connectivity index (χ2v) is 9.08. The number of carbonyl (C=O) groups excluding carboxylic acids is 2. The van der Waals surface area contributed by atoms with E-state index in [0.29, 0.717) is 45.3 Å². The molecule has 188 valence electrons. The molecule has 0 bridgehead atoms. The van der Waals surface area contributed by atoms with E-state index in [0.717, 1.165) is 5.56 Å². The number of benzene rings is 3. The topological polar surface area (TPSA) is 89.2 Å². The number of ether oxygens (including phenoxy) is 2. The zero-order valence-electron chi connectivity index (χ0n) is 20.4. The first-order valence-corrected chi connectivity index (χ1v) is 12.1. The van der Waals surface area contributed by atoms with Gasteiger partial charge < -0.3 is 19.0 Å². The van der Waals surface area contributed by atoms with Crippen LogP contribution in [0.15, 0.2) is 82.5 Å². The molecule has 0 aliphatic carbocycles. The van der Waals surface area contributed by atoms with Gasteiger partial charge in [-0.05, 0) is 55.8 Å². The average molecular weight is 518 g/mol. The van der Waals surface area contributed by atoms with Crippen LogP contribution in [0, 0.1) is 6.92 Å². The molecule has 37 heavy (non-hydrogen) atoms. The minimum atomic E-state index is -0.892. The first-order chi connectivity index (χ1) is 17.8. The molecule has 1 unspecified atom stereocenters. The zero-order valence-corrected chi connectivity index (χ0v) is 21.2. The lowest BCUT2D eigenvalue weighted by Crippen LogP contribution is -2.31. The van der Waals surface area contributed by atoms with Gasteiger partial charge in [-0.2, -0.15) is 0 Å². The van der Waals surface area contributed by atoms with E-state index >= 15 is 0 Å². The molecular weight excluding hydrogens is 494 g/mol. The number of Topliss-reactive ketones (excluding diaryl/α,β-unsaturated/α-hetero) is 1. The van der Waals surface area contributed by atoms with E-state index in [-0.39, 0.29) is 11.3 Å². The summed E-state index contributed by atoms with van der Waals surface area (Å²) < 4.78 is 16.8. The van der Waals surface area contributed by atoms with Crippen molar-refractivity contribution < 1.29 is 28.6 Å². The molecule has 2 heterocycles. The number of ketones is 1. The molecule has 1 amide bonds. The SMILES string of the molecule is CCOc1ccc(C2C(C(=O)c3cc4cc(Cl)cc(OC)c4o3)=C(O)C(=O)N2c2ccc(C)cc2)cc1. The lowest BCUT2D eigenvalue weighted by Gasteiger charge is -2.27. The largest absolute Gasteiger partial charge is 0.503 e. The maximum atomic E-state index is 13.9. The monoisotopic (exact) mass is 517 g/mol. The normalized spacial score (nSPS) is 15.5. The van der Waals surface area contributed by atoms with Gasteiger partial charge in [0.15, 0.2) is 22.9 Å². The van der Waals surface area contributed by atoms with Crippen LogP contribution in [-0.2, 0) is 4.79 Å². The summed E-state index contributed by atoms with van der Waals surface area (Å²) in [6.45, 7) is 4.32. The molecule has 0 saturated carbocycles. The summed E-state index contributed by atoms with van der Waals surface area (Å²) in [6.07, 6.45) is 0. The van der Waals surface area contributed by atoms with Crippen LogP contribution in [0.1, 0.15) is 34.6 Å². The number of aryl methyl sites for hydroxylation is 1. The Morgan fingerprint density at radius 3 is 2.43 bits per heavy atom. The highest BCUT2D eigenvalue weighted by Crippen LogP contribution is 2.43. The van der Waals surface area contributed by atoms with E-state index in [4.69, 9.17) is 25.5 Å². The minimum Gasteiger partial charge on any atom is -0.503 e. The number of hydrogen-bond donors (Lipinski definition) is 1. The summed E-state index contributed by atoms with van der Waals surface area (Å²) in [5.41, 5.74) is 2.44. The van der Waals surface area contributed by atoms with Gasteiger partial charge in [0.05, 0.1) is 25.3 Å². The molecule has 1 aliphatic heterocycles. The average Bonchev–Trinajstić information content (AvgIpc) is 3.43. The number of halogens is 1. The summed E-state index contributed by atoms with van der Waals surface area (Å²) in [6, 6.07) is 18.2. The third-order valence-electron chi connectivity index (χ3n) is 6.26. The van der Waals surface area contributed by atoms with Crippen LogP contribution < -0.4 is 14.4 Å². The number of fused-ring (bicyclic) bond motifs is 1. The number of hydrogen-bond acceptors (Lipinski definition) is 6. The van der Waals surface area contributed by atoms with Crippen molar-refractivity contribution in [3.63, 3.8) is 0 Å². The Balaban J connectivity index is 1.64. The summed E-state index contributed by atoms with van der Waals surface area (Å²) in [5, 5.41) is 12.0. The third-order valence-corrected chi connectivity index (χ3v) is 6.48. The van der Waals surface area contributed by atoms with Gasteiger partial charge in [-0.25, -0.2) is 0 Å². The Morgan fingerprint density at radius 2 is 1.78 bits per heavy atom. The maximum Gasteiger partial charge on any atom is 0.294 e. The van der Waals surface area contributed by atoms with Crippen molar-refractivity contribution in [3.05, 3.63) is 100.0 Å². The van der Waals surface area contributed by atoms with Gasteiger partial charge >= 0.3 is 0 Å². The van der Waals surface area contributed by atoms with Gasteiger partial charge in [-0.15, -0.1) is 0 Å². The first-order valence-electron chi connectivity index (χ1n) is 11.7. The van der Waals surface area contributed by atoms with Gasteiger partial charge in [-0.1, -0.05) is 41.4 Å². The molecule has 4 aromatic rings. The van der Waals surface area contributed by atoms with Crippen molar-refractivity contribution in [1.29, 1.82) is 0 Å². The molecule has 1 aromatic heterocycles. The Labute approximate surface area is 218 Å². The Bertz CT molecular complexity index is 1540. The van der Waals surface area contributed by atoms with Gasteiger partial charge in [0.25, 0.3) is 5.91 Å². The third kappa shape index (κ3) is 4.32. The molecule has 0 radical (unpaired) electrons. The van der Waals surface area contributed by atoms with E-state index in [2.05, 4.69) is 0 Å². The molecule has 0 fully saturated rings. The van der Waals surface area contributed by atoms with Crippen molar-refractivity contribution in [2.75, 3.05) is 18.6 Å². The van der Waals surface area contributed by atoms with Gasteiger partial charge in [0.2, 0.25) is 5.78 Å². The molecule has 7 nitrogen and oxygen atoms in total. The van der Waals surface area contributed by atoms with Crippen LogP contribution in [0.4, 0.5) is 5.69 Å². The Kier molecular flexibility index (Phi) is 6.39. The van der Waals surface area contributed by atoms with Gasteiger partial charge in [0.1, 0.15) is 5.75 Å². The zero-order chi connectivity index (χ0) is 26.3. The van der Waals surface area contributed by atoms with Crippen LogP contribution >= 0.6 is 11.6 Å². The summed E-state index contributed by atoms with van der Waals surface area (Å²) in [4.78, 5) is 28.6. The quantitative estimate of drug-likeness (QED) is 0.278. The lowest BCUT2D eigenvalue weighted by molar-refractivity contribution is -0.117.